The van der Waals surface area contributed by atoms with Crippen LogP contribution in [-0.2, 0) is 0 Å². The highest BCUT2D eigenvalue weighted by Gasteiger charge is 2.13. The molecule has 2 aromatic carbocycles. The first kappa shape index (κ1) is 12.0. The van der Waals surface area contributed by atoms with E-state index < -0.39 is 17.5 Å². The first-order valence-electron chi connectivity index (χ1n) is 5.03. The third-order valence-corrected chi connectivity index (χ3v) is 2.26. The zero-order valence-corrected chi connectivity index (χ0v) is 9.08. The van der Waals surface area contributed by atoms with Crippen molar-refractivity contribution in [2.75, 3.05) is 5.32 Å². The number of phenolic OH excluding ortho intramolecular Hbond substituents is 1. The van der Waals surface area contributed by atoms with E-state index in [1.807, 2.05) is 0 Å². The monoisotopic (exact) mass is 248 g/mol. The van der Waals surface area contributed by atoms with Gasteiger partial charge in [0.15, 0.2) is 0 Å². The molecule has 0 aliphatic carbocycles. The highest BCUT2D eigenvalue weighted by molar-refractivity contribution is 6.06. The van der Waals surface area contributed by atoms with E-state index in [1.54, 1.807) is 0 Å². The van der Waals surface area contributed by atoms with E-state index in [0.29, 0.717) is 0 Å². The smallest absolute Gasteiger partial charge is 0.259 e. The van der Waals surface area contributed by atoms with Crippen molar-refractivity contribution in [3.05, 3.63) is 59.7 Å². The summed E-state index contributed by atoms with van der Waals surface area (Å²) >= 11 is 0. The fourth-order valence-electron chi connectivity index (χ4n) is 1.39. The van der Waals surface area contributed by atoms with Crippen molar-refractivity contribution in [3.8, 4) is 5.75 Å². The molecule has 2 rings (SSSR count). The second-order valence-electron chi connectivity index (χ2n) is 3.52. The van der Waals surface area contributed by atoms with Gasteiger partial charge in [-0.1, -0.05) is 6.07 Å². The third-order valence-electron chi connectivity index (χ3n) is 2.26. The lowest BCUT2D eigenvalue weighted by Crippen LogP contribution is -2.13. The van der Waals surface area contributed by atoms with Crippen LogP contribution in [0.2, 0.25) is 0 Å². The van der Waals surface area contributed by atoms with Crippen LogP contribution in [0.3, 0.4) is 0 Å². The Morgan fingerprint density at radius 2 is 2.06 bits per heavy atom. The molecule has 2 N–H and O–H groups in total. The van der Waals surface area contributed by atoms with Gasteiger partial charge in [-0.2, -0.15) is 0 Å². The molecule has 91 valence electrons. The summed E-state index contributed by atoms with van der Waals surface area (Å²) in [4.78, 5) is 11.7. The van der Waals surface area contributed by atoms with E-state index >= 15 is 0 Å². The van der Waals surface area contributed by atoms with E-state index in [-0.39, 0.29) is 17.0 Å². The molecule has 3 nitrogen and oxygen atoms in total. The molecule has 1 radical (unpaired) electrons. The van der Waals surface area contributed by atoms with Crippen molar-refractivity contribution in [3.63, 3.8) is 0 Å². The number of carbonyl (C=O) groups excluding carboxylic acids is 1. The van der Waals surface area contributed by atoms with E-state index in [2.05, 4.69) is 11.4 Å². The van der Waals surface area contributed by atoms with Crippen LogP contribution in [0.25, 0.3) is 0 Å². The summed E-state index contributed by atoms with van der Waals surface area (Å²) in [6.07, 6.45) is 0. The molecule has 0 bridgehead atoms. The van der Waals surface area contributed by atoms with Crippen molar-refractivity contribution < 1.29 is 18.7 Å². The van der Waals surface area contributed by atoms with Gasteiger partial charge in [-0.3, -0.25) is 4.79 Å². The summed E-state index contributed by atoms with van der Waals surface area (Å²) < 4.78 is 26.2. The van der Waals surface area contributed by atoms with Crippen LogP contribution in [0.4, 0.5) is 14.5 Å². The first-order chi connectivity index (χ1) is 8.58. The van der Waals surface area contributed by atoms with Crippen LogP contribution in [0.15, 0.2) is 36.4 Å². The zero-order valence-electron chi connectivity index (χ0n) is 9.08. The molecule has 0 aliphatic heterocycles. The van der Waals surface area contributed by atoms with Gasteiger partial charge in [-0.05, 0) is 30.3 Å². The van der Waals surface area contributed by atoms with Gasteiger partial charge in [0.25, 0.3) is 5.91 Å². The van der Waals surface area contributed by atoms with Gasteiger partial charge in [0.1, 0.15) is 17.4 Å². The lowest BCUT2D eigenvalue weighted by Gasteiger charge is -2.07. The Kier molecular flexibility index (Phi) is 3.23. The Balaban J connectivity index is 2.27. The minimum atomic E-state index is -0.760. The predicted molar refractivity (Wildman–Crippen MR) is 61.3 cm³/mol. The standard InChI is InChI=1S/C13H8F2NO2/c14-8-5-6-10(15)11(7-8)16-13(18)9-3-1-2-4-12(9)17/h2-7,17H,(H,16,18). The number of aromatic hydroxyl groups is 1. The normalized spacial score (nSPS) is 10.1. The summed E-state index contributed by atoms with van der Waals surface area (Å²) in [7, 11) is 0. The Hall–Kier alpha value is -2.43. The lowest BCUT2D eigenvalue weighted by atomic mass is 10.2. The molecule has 1 amide bonds. The molecule has 0 spiro atoms. The molecule has 0 atom stereocenters. The van der Waals surface area contributed by atoms with Crippen LogP contribution < -0.4 is 5.32 Å². The molecule has 5 heteroatoms. The molecular weight excluding hydrogens is 240 g/mol. The number of nitrogens with one attached hydrogen (secondary N) is 1. The van der Waals surface area contributed by atoms with Crippen molar-refractivity contribution in [1.82, 2.24) is 0 Å². The van der Waals surface area contributed by atoms with E-state index in [0.717, 1.165) is 18.2 Å². The Labute approximate surface area is 102 Å². The van der Waals surface area contributed by atoms with Crippen molar-refractivity contribution in [2.24, 2.45) is 0 Å². The second-order valence-corrected chi connectivity index (χ2v) is 3.52. The van der Waals surface area contributed by atoms with Gasteiger partial charge >= 0.3 is 0 Å². The Morgan fingerprint density at radius 3 is 2.78 bits per heavy atom. The van der Waals surface area contributed by atoms with Crippen LogP contribution in [0.5, 0.6) is 5.75 Å². The average molecular weight is 248 g/mol. The maximum absolute atomic E-state index is 13.3. The largest absolute Gasteiger partial charge is 0.507 e. The molecule has 0 heterocycles. The molecule has 0 unspecified atom stereocenters. The summed E-state index contributed by atoms with van der Waals surface area (Å²) in [6, 6.07) is 9.26. The molecular formula is C13H8F2NO2. The van der Waals surface area contributed by atoms with Gasteiger partial charge in [0, 0.05) is 6.07 Å². The Bertz CT molecular complexity index is 599. The Morgan fingerprint density at radius 1 is 1.28 bits per heavy atom. The number of amides is 1. The topological polar surface area (TPSA) is 49.3 Å². The van der Waals surface area contributed by atoms with Crippen LogP contribution in [0, 0.1) is 17.7 Å². The molecule has 0 aromatic heterocycles. The van der Waals surface area contributed by atoms with Gasteiger partial charge in [-0.25, -0.2) is 8.78 Å². The minimum Gasteiger partial charge on any atom is -0.507 e. The van der Waals surface area contributed by atoms with Crippen molar-refractivity contribution in [2.45, 2.75) is 0 Å². The molecule has 0 saturated heterocycles. The van der Waals surface area contributed by atoms with E-state index in [9.17, 15) is 18.7 Å². The summed E-state index contributed by atoms with van der Waals surface area (Å²) in [5.74, 6) is -2.43. The zero-order chi connectivity index (χ0) is 13.1. The minimum absolute atomic E-state index is 0.0684. The fourth-order valence-corrected chi connectivity index (χ4v) is 1.39. The van der Waals surface area contributed by atoms with Crippen LogP contribution >= 0.6 is 0 Å². The fraction of sp³-hybridized carbons (Fsp3) is 0. The molecule has 0 aliphatic rings. The van der Waals surface area contributed by atoms with E-state index in [1.165, 1.54) is 18.2 Å². The summed E-state index contributed by atoms with van der Waals surface area (Å²) in [6.45, 7) is 0. The van der Waals surface area contributed by atoms with E-state index in [4.69, 9.17) is 0 Å². The first-order valence-corrected chi connectivity index (χ1v) is 5.03. The lowest BCUT2D eigenvalue weighted by molar-refractivity contribution is 0.102. The summed E-state index contributed by atoms with van der Waals surface area (Å²) in [5, 5.41) is 11.6. The van der Waals surface area contributed by atoms with Gasteiger partial charge < -0.3 is 10.4 Å². The quantitative estimate of drug-likeness (QED) is 0.858. The van der Waals surface area contributed by atoms with Gasteiger partial charge in [0.05, 0.1) is 11.3 Å². The van der Waals surface area contributed by atoms with Crippen molar-refractivity contribution >= 4 is 11.6 Å². The molecule has 18 heavy (non-hydrogen) atoms. The third kappa shape index (κ3) is 2.45. The van der Waals surface area contributed by atoms with Crippen molar-refractivity contribution in [1.29, 1.82) is 0 Å². The molecule has 0 fully saturated rings. The number of halogens is 2. The maximum Gasteiger partial charge on any atom is 0.259 e. The number of anilines is 1. The SMILES string of the molecule is O=C(Nc1cc(F)ccc1F)c1c[c]ccc1O. The maximum atomic E-state index is 13.3. The number of carbonyl (C=O) groups is 1. The van der Waals surface area contributed by atoms with Crippen LogP contribution in [0.1, 0.15) is 10.4 Å². The summed E-state index contributed by atoms with van der Waals surface area (Å²) in [5.41, 5.74) is -0.357. The predicted octanol–water partition coefficient (Wildman–Crippen LogP) is 2.72. The number of hydrogen-bond donors (Lipinski definition) is 2. The number of benzene rings is 2. The van der Waals surface area contributed by atoms with Crippen LogP contribution in [-0.4, -0.2) is 11.0 Å². The highest BCUT2D eigenvalue weighted by atomic mass is 19.1. The highest BCUT2D eigenvalue weighted by Crippen LogP contribution is 2.20. The second kappa shape index (κ2) is 4.83. The average Bonchev–Trinajstić information content (AvgIpc) is 2.34. The van der Waals surface area contributed by atoms with Gasteiger partial charge in [0.2, 0.25) is 0 Å². The number of rotatable bonds is 2. The van der Waals surface area contributed by atoms with Gasteiger partial charge in [-0.15, -0.1) is 0 Å². The number of phenols is 1. The number of hydrogen-bond acceptors (Lipinski definition) is 2. The molecule has 0 saturated carbocycles. The molecule has 2 aromatic rings.